The molecule has 0 unspecified atom stereocenters. The standard InChI is InChI=1S/C33H33N5O4.2H2/c1-19-8-7-11-22-23(17-34-27(19)22)25-26(30(40)36-29(25)39)28-21-10-6-5-9-20(21)16-24(35-28)37-14-15-38(33(18-37)12-13-33)31(41)42-32(2,3)4;;/h5-11,16-17,34H,12-15,18H2,1-4H3,(H,36,39,40);2*1H. The Morgan fingerprint density at radius 2 is 1.74 bits per heavy atom. The first-order chi connectivity index (χ1) is 20.0. The van der Waals surface area contributed by atoms with Gasteiger partial charge in [-0.25, -0.2) is 9.78 Å². The third kappa shape index (κ3) is 4.22. The van der Waals surface area contributed by atoms with Crippen molar-refractivity contribution in [2.24, 2.45) is 0 Å². The third-order valence-electron chi connectivity index (χ3n) is 8.50. The van der Waals surface area contributed by atoms with Gasteiger partial charge in [-0.1, -0.05) is 42.5 Å². The number of aryl methyl sites for hydroxylation is 1. The number of benzene rings is 2. The van der Waals surface area contributed by atoms with Crippen molar-refractivity contribution in [3.05, 3.63) is 71.5 Å². The molecular formula is C33H37N5O4. The molecular weight excluding hydrogens is 530 g/mol. The van der Waals surface area contributed by atoms with E-state index in [1.54, 1.807) is 6.20 Å². The first kappa shape index (κ1) is 26.3. The monoisotopic (exact) mass is 567 g/mol. The highest BCUT2D eigenvalue weighted by atomic mass is 16.6. The number of piperazine rings is 1. The van der Waals surface area contributed by atoms with Crippen molar-refractivity contribution in [2.75, 3.05) is 24.5 Å². The first-order valence-corrected chi connectivity index (χ1v) is 14.4. The summed E-state index contributed by atoms with van der Waals surface area (Å²) in [7, 11) is 0. The number of anilines is 1. The van der Waals surface area contributed by atoms with Crippen molar-refractivity contribution in [3.63, 3.8) is 0 Å². The van der Waals surface area contributed by atoms with Gasteiger partial charge in [-0.05, 0) is 57.6 Å². The van der Waals surface area contributed by atoms with Crippen LogP contribution in [0.5, 0.6) is 0 Å². The number of pyridine rings is 1. The highest BCUT2D eigenvalue weighted by Gasteiger charge is 2.54. The predicted molar refractivity (Wildman–Crippen MR) is 166 cm³/mol. The van der Waals surface area contributed by atoms with Crippen molar-refractivity contribution in [3.8, 4) is 0 Å². The number of hydrogen-bond donors (Lipinski definition) is 2. The second kappa shape index (κ2) is 9.17. The number of ether oxygens (including phenoxy) is 1. The van der Waals surface area contributed by atoms with Gasteiger partial charge in [0.1, 0.15) is 11.4 Å². The Balaban J connectivity index is 0.00000192. The van der Waals surface area contributed by atoms with E-state index in [1.807, 2.05) is 81.1 Å². The molecule has 218 valence electrons. The van der Waals surface area contributed by atoms with Gasteiger partial charge in [0.2, 0.25) is 0 Å². The molecule has 4 aromatic rings. The van der Waals surface area contributed by atoms with Crippen LogP contribution in [0.3, 0.4) is 0 Å². The van der Waals surface area contributed by atoms with Gasteiger partial charge in [-0.2, -0.15) is 0 Å². The Labute approximate surface area is 246 Å². The molecule has 1 saturated carbocycles. The minimum atomic E-state index is -0.562. The average molecular weight is 568 g/mol. The number of carbonyl (C=O) groups is 3. The average Bonchev–Trinajstić information content (AvgIpc) is 3.44. The fourth-order valence-corrected chi connectivity index (χ4v) is 6.34. The lowest BCUT2D eigenvalue weighted by molar-refractivity contribution is -0.122. The maximum atomic E-state index is 13.5. The van der Waals surface area contributed by atoms with Gasteiger partial charge in [0.15, 0.2) is 0 Å². The van der Waals surface area contributed by atoms with Crippen LogP contribution in [-0.2, 0) is 14.3 Å². The zero-order valence-electron chi connectivity index (χ0n) is 24.2. The topological polar surface area (TPSA) is 108 Å². The van der Waals surface area contributed by atoms with E-state index in [9.17, 15) is 14.4 Å². The molecule has 0 radical (unpaired) electrons. The molecule has 2 aliphatic heterocycles. The molecule has 2 fully saturated rings. The molecule has 3 amide bonds. The van der Waals surface area contributed by atoms with Crippen LogP contribution in [0, 0.1) is 6.92 Å². The normalized spacial score (nSPS) is 18.4. The zero-order valence-corrected chi connectivity index (χ0v) is 24.2. The van der Waals surface area contributed by atoms with E-state index in [4.69, 9.17) is 9.72 Å². The molecule has 1 aliphatic carbocycles. The summed E-state index contributed by atoms with van der Waals surface area (Å²) < 4.78 is 5.71. The molecule has 4 heterocycles. The summed E-state index contributed by atoms with van der Waals surface area (Å²) in [5.41, 5.74) is 2.86. The quantitative estimate of drug-likeness (QED) is 0.309. The SMILES string of the molecule is Cc1cccc2c(C3=C(c4nc(N5CCN(C(=O)OC(C)(C)C)C6(CC6)C5)cc5ccccc45)C(=O)NC3=O)c[nH]c12.[HH].[HH]. The molecule has 2 aromatic heterocycles. The molecule has 3 aliphatic rings. The van der Waals surface area contributed by atoms with Crippen molar-refractivity contribution < 1.29 is 22.0 Å². The van der Waals surface area contributed by atoms with Crippen LogP contribution < -0.4 is 10.2 Å². The fourth-order valence-electron chi connectivity index (χ4n) is 6.34. The summed E-state index contributed by atoms with van der Waals surface area (Å²) in [6.45, 7) is 9.36. The number of rotatable bonds is 3. The number of carbonyl (C=O) groups excluding carboxylic acids is 3. The number of nitrogens with zero attached hydrogens (tertiary/aromatic N) is 3. The van der Waals surface area contributed by atoms with Crippen LogP contribution in [0.15, 0.2) is 54.7 Å². The van der Waals surface area contributed by atoms with Gasteiger partial charge in [-0.15, -0.1) is 0 Å². The molecule has 9 heteroatoms. The molecule has 1 saturated heterocycles. The number of fused-ring (bicyclic) bond motifs is 2. The Bertz CT molecular complexity index is 1850. The number of para-hydroxylation sites is 1. The highest BCUT2D eigenvalue weighted by Crippen LogP contribution is 2.46. The second-order valence-corrected chi connectivity index (χ2v) is 12.6. The predicted octanol–water partition coefficient (Wildman–Crippen LogP) is 5.67. The van der Waals surface area contributed by atoms with Crippen LogP contribution in [0.25, 0.3) is 32.8 Å². The number of nitrogens with one attached hydrogen (secondary N) is 2. The zero-order chi connectivity index (χ0) is 29.4. The maximum Gasteiger partial charge on any atom is 0.410 e. The number of hydrogen-bond acceptors (Lipinski definition) is 6. The second-order valence-electron chi connectivity index (χ2n) is 12.6. The molecule has 0 atom stereocenters. The smallest absolute Gasteiger partial charge is 0.410 e. The Morgan fingerprint density at radius 1 is 1.00 bits per heavy atom. The van der Waals surface area contributed by atoms with Gasteiger partial charge in [0.25, 0.3) is 11.8 Å². The van der Waals surface area contributed by atoms with Gasteiger partial charge in [0.05, 0.1) is 22.4 Å². The third-order valence-corrected chi connectivity index (χ3v) is 8.50. The van der Waals surface area contributed by atoms with E-state index >= 15 is 0 Å². The minimum absolute atomic E-state index is 0. The maximum absolute atomic E-state index is 13.5. The molecule has 1 spiro atoms. The molecule has 9 nitrogen and oxygen atoms in total. The molecule has 42 heavy (non-hydrogen) atoms. The largest absolute Gasteiger partial charge is 0.444 e. The number of aromatic nitrogens is 2. The van der Waals surface area contributed by atoms with Crippen LogP contribution in [-0.4, -0.2) is 63.5 Å². The molecule has 0 bridgehead atoms. The van der Waals surface area contributed by atoms with E-state index in [1.165, 1.54) is 0 Å². The number of aromatic amines is 1. The van der Waals surface area contributed by atoms with Gasteiger partial charge in [-0.3, -0.25) is 19.8 Å². The summed E-state index contributed by atoms with van der Waals surface area (Å²) in [5, 5.41) is 5.12. The lowest BCUT2D eigenvalue weighted by atomic mass is 9.95. The Morgan fingerprint density at radius 3 is 2.50 bits per heavy atom. The van der Waals surface area contributed by atoms with Gasteiger partial charge in [0, 0.05) is 50.5 Å². The van der Waals surface area contributed by atoms with E-state index in [-0.39, 0.29) is 20.1 Å². The fraction of sp³-hybridized carbons (Fsp3) is 0.333. The Hall–Kier alpha value is -4.66. The Kier molecular flexibility index (Phi) is 5.73. The van der Waals surface area contributed by atoms with Crippen LogP contribution in [0.4, 0.5) is 10.6 Å². The van der Waals surface area contributed by atoms with Gasteiger partial charge >= 0.3 is 6.09 Å². The highest BCUT2D eigenvalue weighted by molar-refractivity contribution is 6.50. The summed E-state index contributed by atoms with van der Waals surface area (Å²) in [4.78, 5) is 52.2. The summed E-state index contributed by atoms with van der Waals surface area (Å²) in [5.74, 6) is -0.176. The lowest BCUT2D eigenvalue weighted by Gasteiger charge is -2.43. The minimum Gasteiger partial charge on any atom is -0.444 e. The number of imide groups is 1. The van der Waals surface area contributed by atoms with Crippen LogP contribution >= 0.6 is 0 Å². The van der Waals surface area contributed by atoms with Gasteiger partial charge < -0.3 is 14.6 Å². The molecule has 7 rings (SSSR count). The van der Waals surface area contributed by atoms with E-state index in [0.29, 0.717) is 42.3 Å². The van der Waals surface area contributed by atoms with Crippen molar-refractivity contribution >= 4 is 56.5 Å². The molecule has 2 aromatic carbocycles. The summed E-state index contributed by atoms with van der Waals surface area (Å²) in [6.07, 6.45) is 3.31. The number of amides is 3. The van der Waals surface area contributed by atoms with Crippen molar-refractivity contribution in [1.29, 1.82) is 0 Å². The van der Waals surface area contributed by atoms with Crippen molar-refractivity contribution in [1.82, 2.24) is 20.2 Å². The van der Waals surface area contributed by atoms with E-state index in [0.717, 1.165) is 40.1 Å². The molecule has 2 N–H and O–H groups in total. The van der Waals surface area contributed by atoms with Crippen molar-refractivity contribution in [2.45, 2.75) is 51.7 Å². The first-order valence-electron chi connectivity index (χ1n) is 14.4. The van der Waals surface area contributed by atoms with E-state index in [2.05, 4.69) is 15.2 Å². The summed E-state index contributed by atoms with van der Waals surface area (Å²) in [6, 6.07) is 15.7. The van der Waals surface area contributed by atoms with Crippen LogP contribution in [0.2, 0.25) is 0 Å². The lowest BCUT2D eigenvalue weighted by Crippen LogP contribution is -2.58. The van der Waals surface area contributed by atoms with E-state index < -0.39 is 17.4 Å². The number of H-pyrrole nitrogens is 1. The summed E-state index contributed by atoms with van der Waals surface area (Å²) >= 11 is 0. The van der Waals surface area contributed by atoms with Crippen LogP contribution in [0.1, 0.15) is 53.3 Å².